The SMILES string of the molecule is Cc1ccc(Cc2cnc(NC(=O)C=Cc3ccc(C(C)C)cc3)s2)cc1. The maximum atomic E-state index is 12.1. The molecule has 1 heterocycles. The predicted octanol–water partition coefficient (Wildman–Crippen LogP) is 5.82. The number of rotatable bonds is 6. The Bertz CT molecular complexity index is 922. The second kappa shape index (κ2) is 8.78. The Hall–Kier alpha value is -2.72. The summed E-state index contributed by atoms with van der Waals surface area (Å²) in [5.41, 5.74) is 4.79. The third-order valence-electron chi connectivity index (χ3n) is 4.31. The summed E-state index contributed by atoms with van der Waals surface area (Å²) in [6.07, 6.45) is 6.02. The molecule has 0 radical (unpaired) electrons. The molecule has 1 N–H and O–H groups in total. The third kappa shape index (κ3) is 5.63. The van der Waals surface area contributed by atoms with Gasteiger partial charge in [0.25, 0.3) is 0 Å². The van der Waals surface area contributed by atoms with Crippen molar-refractivity contribution in [1.29, 1.82) is 0 Å². The van der Waals surface area contributed by atoms with E-state index in [9.17, 15) is 4.79 Å². The van der Waals surface area contributed by atoms with Crippen LogP contribution in [0.2, 0.25) is 0 Å². The summed E-state index contributed by atoms with van der Waals surface area (Å²) in [4.78, 5) is 17.6. The molecular weight excluding hydrogens is 352 g/mol. The maximum absolute atomic E-state index is 12.1. The largest absolute Gasteiger partial charge is 0.298 e. The number of carbonyl (C=O) groups excluding carboxylic acids is 1. The summed E-state index contributed by atoms with van der Waals surface area (Å²) in [6.45, 7) is 6.41. The van der Waals surface area contributed by atoms with Crippen molar-refractivity contribution in [3.05, 3.63) is 87.9 Å². The minimum atomic E-state index is -0.167. The van der Waals surface area contributed by atoms with Gasteiger partial charge in [-0.1, -0.05) is 67.9 Å². The first-order valence-corrected chi connectivity index (χ1v) is 9.90. The molecule has 0 aliphatic carbocycles. The molecule has 1 amide bonds. The monoisotopic (exact) mass is 376 g/mol. The summed E-state index contributed by atoms with van der Waals surface area (Å²) in [5.74, 6) is 0.338. The molecule has 0 aliphatic rings. The van der Waals surface area contributed by atoms with E-state index in [-0.39, 0.29) is 5.91 Å². The van der Waals surface area contributed by atoms with Crippen LogP contribution in [0.1, 0.15) is 46.9 Å². The number of carbonyl (C=O) groups is 1. The standard InChI is InChI=1S/C23H24N2OS/c1-16(2)20-11-8-18(9-12-20)10-13-22(26)25-23-24-15-21(27-23)14-19-6-4-17(3)5-7-19/h4-13,15-16H,14H2,1-3H3,(H,24,25,26). The molecule has 0 fully saturated rings. The Kier molecular flexibility index (Phi) is 6.20. The van der Waals surface area contributed by atoms with Crippen LogP contribution < -0.4 is 5.32 Å². The van der Waals surface area contributed by atoms with Crippen molar-refractivity contribution in [2.24, 2.45) is 0 Å². The van der Waals surface area contributed by atoms with Gasteiger partial charge in [0, 0.05) is 23.6 Å². The van der Waals surface area contributed by atoms with Gasteiger partial charge >= 0.3 is 0 Å². The number of aryl methyl sites for hydroxylation is 1. The minimum absolute atomic E-state index is 0.167. The van der Waals surface area contributed by atoms with Crippen molar-refractivity contribution in [2.45, 2.75) is 33.1 Å². The number of nitrogens with one attached hydrogen (secondary N) is 1. The van der Waals surface area contributed by atoms with Crippen LogP contribution in [0.4, 0.5) is 5.13 Å². The zero-order valence-electron chi connectivity index (χ0n) is 15.9. The van der Waals surface area contributed by atoms with Gasteiger partial charge in [-0.25, -0.2) is 4.98 Å². The molecule has 0 spiro atoms. The van der Waals surface area contributed by atoms with Crippen LogP contribution in [0.3, 0.4) is 0 Å². The molecule has 0 aliphatic heterocycles. The van der Waals surface area contributed by atoms with Crippen molar-refractivity contribution < 1.29 is 4.79 Å². The van der Waals surface area contributed by atoms with Crippen LogP contribution in [-0.2, 0) is 11.2 Å². The molecule has 0 saturated heterocycles. The van der Waals surface area contributed by atoms with E-state index in [4.69, 9.17) is 0 Å². The van der Waals surface area contributed by atoms with Gasteiger partial charge in [0.2, 0.25) is 5.91 Å². The zero-order valence-corrected chi connectivity index (χ0v) is 16.7. The molecule has 3 nitrogen and oxygen atoms in total. The highest BCUT2D eigenvalue weighted by Gasteiger charge is 2.06. The topological polar surface area (TPSA) is 42.0 Å². The number of anilines is 1. The van der Waals surface area contributed by atoms with E-state index >= 15 is 0 Å². The molecule has 2 aromatic carbocycles. The van der Waals surface area contributed by atoms with Crippen LogP contribution in [-0.4, -0.2) is 10.9 Å². The lowest BCUT2D eigenvalue weighted by Gasteiger charge is -2.04. The molecule has 0 bridgehead atoms. The Morgan fingerprint density at radius 3 is 2.48 bits per heavy atom. The molecule has 27 heavy (non-hydrogen) atoms. The summed E-state index contributed by atoms with van der Waals surface area (Å²) in [5, 5.41) is 3.47. The molecule has 4 heteroatoms. The smallest absolute Gasteiger partial charge is 0.250 e. The Morgan fingerprint density at radius 1 is 1.11 bits per heavy atom. The van der Waals surface area contributed by atoms with E-state index in [0.717, 1.165) is 16.9 Å². The molecule has 0 saturated carbocycles. The number of hydrogen-bond acceptors (Lipinski definition) is 3. The van der Waals surface area contributed by atoms with Crippen LogP contribution in [0.15, 0.2) is 60.8 Å². The number of nitrogens with zero attached hydrogens (tertiary/aromatic N) is 1. The number of aromatic nitrogens is 1. The average Bonchev–Trinajstić information content (AvgIpc) is 3.09. The summed E-state index contributed by atoms with van der Waals surface area (Å²) >= 11 is 1.51. The highest BCUT2D eigenvalue weighted by molar-refractivity contribution is 7.15. The first-order chi connectivity index (χ1) is 13.0. The van der Waals surface area contributed by atoms with E-state index in [1.54, 1.807) is 6.08 Å². The van der Waals surface area contributed by atoms with Gasteiger partial charge in [-0.2, -0.15) is 0 Å². The summed E-state index contributed by atoms with van der Waals surface area (Å²) in [7, 11) is 0. The van der Waals surface area contributed by atoms with Gasteiger partial charge in [-0.3, -0.25) is 10.1 Å². The van der Waals surface area contributed by atoms with Crippen molar-refractivity contribution in [3.63, 3.8) is 0 Å². The Morgan fingerprint density at radius 2 is 1.81 bits per heavy atom. The molecule has 138 valence electrons. The molecular formula is C23H24N2OS. The van der Waals surface area contributed by atoms with Gasteiger partial charge in [0.1, 0.15) is 0 Å². The number of benzene rings is 2. The van der Waals surface area contributed by atoms with Crippen LogP contribution in [0.25, 0.3) is 6.08 Å². The zero-order chi connectivity index (χ0) is 19.2. The normalized spacial score (nSPS) is 11.3. The van der Waals surface area contributed by atoms with Crippen molar-refractivity contribution in [3.8, 4) is 0 Å². The number of hydrogen-bond donors (Lipinski definition) is 1. The van der Waals surface area contributed by atoms with Crippen molar-refractivity contribution >= 4 is 28.5 Å². The molecule has 0 unspecified atom stereocenters. The number of thiazole rings is 1. The second-order valence-corrected chi connectivity index (χ2v) is 8.05. The van der Waals surface area contributed by atoms with E-state index in [0.29, 0.717) is 11.0 Å². The summed E-state index contributed by atoms with van der Waals surface area (Å²) in [6, 6.07) is 16.7. The average molecular weight is 377 g/mol. The van der Waals surface area contributed by atoms with E-state index in [1.807, 2.05) is 24.4 Å². The van der Waals surface area contributed by atoms with Gasteiger partial charge in [-0.15, -0.1) is 11.3 Å². The van der Waals surface area contributed by atoms with Crippen LogP contribution in [0, 0.1) is 6.92 Å². The summed E-state index contributed by atoms with van der Waals surface area (Å²) < 4.78 is 0. The molecule has 3 aromatic rings. The highest BCUT2D eigenvalue weighted by Crippen LogP contribution is 2.21. The second-order valence-electron chi connectivity index (χ2n) is 6.94. The van der Waals surface area contributed by atoms with Gasteiger partial charge in [-0.05, 0) is 35.6 Å². The van der Waals surface area contributed by atoms with Crippen molar-refractivity contribution in [2.75, 3.05) is 5.32 Å². The van der Waals surface area contributed by atoms with E-state index in [1.165, 1.54) is 28.0 Å². The first-order valence-electron chi connectivity index (χ1n) is 9.09. The van der Waals surface area contributed by atoms with Gasteiger partial charge in [0.05, 0.1) is 0 Å². The quantitative estimate of drug-likeness (QED) is 0.551. The van der Waals surface area contributed by atoms with Crippen molar-refractivity contribution in [1.82, 2.24) is 4.98 Å². The fourth-order valence-corrected chi connectivity index (χ4v) is 3.51. The lowest BCUT2D eigenvalue weighted by Crippen LogP contribution is -2.07. The van der Waals surface area contributed by atoms with Gasteiger partial charge in [0.15, 0.2) is 5.13 Å². The fourth-order valence-electron chi connectivity index (χ4n) is 2.67. The maximum Gasteiger partial charge on any atom is 0.250 e. The lowest BCUT2D eigenvalue weighted by molar-refractivity contribution is -0.111. The predicted molar refractivity (Wildman–Crippen MR) is 114 cm³/mol. The number of amides is 1. The highest BCUT2D eigenvalue weighted by atomic mass is 32.1. The molecule has 0 atom stereocenters. The lowest BCUT2D eigenvalue weighted by atomic mass is 10.0. The van der Waals surface area contributed by atoms with Gasteiger partial charge < -0.3 is 0 Å². The fraction of sp³-hybridized carbons (Fsp3) is 0.217. The first kappa shape index (κ1) is 19.1. The Balaban J connectivity index is 1.56. The van der Waals surface area contributed by atoms with E-state index < -0.39 is 0 Å². The Labute approximate surface area is 164 Å². The van der Waals surface area contributed by atoms with E-state index in [2.05, 4.69) is 67.5 Å². The van der Waals surface area contributed by atoms with Crippen LogP contribution in [0.5, 0.6) is 0 Å². The minimum Gasteiger partial charge on any atom is -0.298 e. The third-order valence-corrected chi connectivity index (χ3v) is 5.23. The molecule has 1 aromatic heterocycles. The van der Waals surface area contributed by atoms with Crippen LogP contribution >= 0.6 is 11.3 Å². The molecule has 3 rings (SSSR count).